The van der Waals surface area contributed by atoms with Crippen molar-refractivity contribution < 1.29 is 4.79 Å². The number of aryl methyl sites for hydroxylation is 2. The number of allylic oxidation sites excluding steroid dienone is 2. The minimum Gasteiger partial charge on any atom is -0.289 e. The van der Waals surface area contributed by atoms with Crippen LogP contribution >= 0.6 is 0 Å². The SMILES string of the molecule is Cc1ccc(C(=O)/C=C/CCc2ccccc2)cc1. The fourth-order valence-corrected chi connectivity index (χ4v) is 1.90. The van der Waals surface area contributed by atoms with Crippen molar-refractivity contribution in [1.82, 2.24) is 0 Å². The van der Waals surface area contributed by atoms with Crippen LogP contribution in [0.4, 0.5) is 0 Å². The van der Waals surface area contributed by atoms with Gasteiger partial charge >= 0.3 is 0 Å². The van der Waals surface area contributed by atoms with Gasteiger partial charge in [0.25, 0.3) is 0 Å². The summed E-state index contributed by atoms with van der Waals surface area (Å²) in [5.74, 6) is 0.0769. The van der Waals surface area contributed by atoms with Gasteiger partial charge in [-0.1, -0.05) is 66.2 Å². The Kier molecular flexibility index (Phi) is 4.68. The predicted molar refractivity (Wildman–Crippen MR) is 79.4 cm³/mol. The van der Waals surface area contributed by atoms with Gasteiger partial charge in [0.2, 0.25) is 0 Å². The molecule has 0 saturated heterocycles. The highest BCUT2D eigenvalue weighted by Crippen LogP contribution is 2.06. The number of carbonyl (C=O) groups is 1. The van der Waals surface area contributed by atoms with Crippen LogP contribution in [0.1, 0.15) is 27.9 Å². The Labute approximate surface area is 114 Å². The molecule has 0 fully saturated rings. The molecule has 2 rings (SSSR count). The number of ketones is 1. The van der Waals surface area contributed by atoms with Gasteiger partial charge in [0.05, 0.1) is 0 Å². The van der Waals surface area contributed by atoms with Gasteiger partial charge in [0, 0.05) is 5.56 Å². The lowest BCUT2D eigenvalue weighted by Crippen LogP contribution is -1.94. The maximum absolute atomic E-state index is 11.9. The Morgan fingerprint density at radius 2 is 1.68 bits per heavy atom. The van der Waals surface area contributed by atoms with E-state index in [0.29, 0.717) is 0 Å². The van der Waals surface area contributed by atoms with E-state index >= 15 is 0 Å². The highest BCUT2D eigenvalue weighted by molar-refractivity contribution is 6.04. The van der Waals surface area contributed by atoms with E-state index in [1.54, 1.807) is 6.08 Å². The van der Waals surface area contributed by atoms with Crippen LogP contribution in [0.15, 0.2) is 66.7 Å². The molecule has 0 unspecified atom stereocenters. The van der Waals surface area contributed by atoms with E-state index in [1.807, 2.05) is 55.5 Å². The van der Waals surface area contributed by atoms with E-state index in [2.05, 4.69) is 12.1 Å². The first kappa shape index (κ1) is 13.3. The molecule has 0 aliphatic carbocycles. The summed E-state index contributed by atoms with van der Waals surface area (Å²) in [6.07, 6.45) is 5.49. The molecular weight excluding hydrogens is 232 g/mol. The first-order valence-corrected chi connectivity index (χ1v) is 6.57. The molecule has 0 saturated carbocycles. The molecule has 2 aromatic carbocycles. The summed E-state index contributed by atoms with van der Waals surface area (Å²) in [6.45, 7) is 2.02. The summed E-state index contributed by atoms with van der Waals surface area (Å²) in [5, 5.41) is 0. The molecule has 0 aliphatic rings. The van der Waals surface area contributed by atoms with E-state index in [4.69, 9.17) is 0 Å². The zero-order chi connectivity index (χ0) is 13.5. The maximum atomic E-state index is 11.9. The van der Waals surface area contributed by atoms with Crippen molar-refractivity contribution in [3.8, 4) is 0 Å². The van der Waals surface area contributed by atoms with Crippen molar-refractivity contribution in [3.05, 3.63) is 83.4 Å². The van der Waals surface area contributed by atoms with Gasteiger partial charge in [-0.15, -0.1) is 0 Å². The van der Waals surface area contributed by atoms with Crippen molar-refractivity contribution in [2.75, 3.05) is 0 Å². The third-order valence-electron chi connectivity index (χ3n) is 3.05. The first-order chi connectivity index (χ1) is 9.25. The molecule has 0 heterocycles. The first-order valence-electron chi connectivity index (χ1n) is 6.57. The van der Waals surface area contributed by atoms with Crippen LogP contribution in [0.3, 0.4) is 0 Å². The zero-order valence-electron chi connectivity index (χ0n) is 11.2. The smallest absolute Gasteiger partial charge is 0.185 e. The third kappa shape index (κ3) is 4.22. The molecule has 0 radical (unpaired) electrons. The van der Waals surface area contributed by atoms with Crippen molar-refractivity contribution in [2.24, 2.45) is 0 Å². The monoisotopic (exact) mass is 250 g/mol. The molecule has 0 aromatic heterocycles. The van der Waals surface area contributed by atoms with E-state index in [1.165, 1.54) is 11.1 Å². The summed E-state index contributed by atoms with van der Waals surface area (Å²) >= 11 is 0. The zero-order valence-corrected chi connectivity index (χ0v) is 11.2. The van der Waals surface area contributed by atoms with Gasteiger partial charge in [0.1, 0.15) is 0 Å². The number of benzene rings is 2. The summed E-state index contributed by atoms with van der Waals surface area (Å²) in [6, 6.07) is 18.0. The minimum atomic E-state index is 0.0769. The number of rotatable bonds is 5. The van der Waals surface area contributed by atoms with Crippen molar-refractivity contribution in [2.45, 2.75) is 19.8 Å². The molecule has 1 heteroatoms. The summed E-state index contributed by atoms with van der Waals surface area (Å²) < 4.78 is 0. The van der Waals surface area contributed by atoms with Crippen LogP contribution in [0.25, 0.3) is 0 Å². The fourth-order valence-electron chi connectivity index (χ4n) is 1.90. The topological polar surface area (TPSA) is 17.1 Å². The highest BCUT2D eigenvalue weighted by atomic mass is 16.1. The molecule has 0 N–H and O–H groups in total. The maximum Gasteiger partial charge on any atom is 0.185 e. The van der Waals surface area contributed by atoms with Crippen LogP contribution in [0, 0.1) is 6.92 Å². The van der Waals surface area contributed by atoms with E-state index in [0.717, 1.165) is 18.4 Å². The van der Waals surface area contributed by atoms with Crippen molar-refractivity contribution in [1.29, 1.82) is 0 Å². The van der Waals surface area contributed by atoms with Crippen molar-refractivity contribution in [3.63, 3.8) is 0 Å². The average molecular weight is 250 g/mol. The van der Waals surface area contributed by atoms with Crippen LogP contribution in [-0.4, -0.2) is 5.78 Å². The van der Waals surface area contributed by atoms with E-state index in [9.17, 15) is 4.79 Å². The van der Waals surface area contributed by atoms with Gasteiger partial charge in [0.15, 0.2) is 5.78 Å². The number of carbonyl (C=O) groups excluding carboxylic acids is 1. The van der Waals surface area contributed by atoms with Gasteiger partial charge in [-0.2, -0.15) is 0 Å². The lowest BCUT2D eigenvalue weighted by atomic mass is 10.1. The van der Waals surface area contributed by atoms with Crippen LogP contribution < -0.4 is 0 Å². The van der Waals surface area contributed by atoms with Gasteiger partial charge in [-0.05, 0) is 31.4 Å². The second-order valence-electron chi connectivity index (χ2n) is 4.66. The predicted octanol–water partition coefficient (Wildman–Crippen LogP) is 4.37. The standard InChI is InChI=1S/C18H18O/c1-15-11-13-17(14-12-15)18(19)10-6-5-9-16-7-3-2-4-8-16/h2-4,6-8,10-14H,5,9H2,1H3/b10-6+. The largest absolute Gasteiger partial charge is 0.289 e. The Bertz CT molecular complexity index is 550. The molecule has 0 spiro atoms. The molecule has 96 valence electrons. The lowest BCUT2D eigenvalue weighted by molar-refractivity contribution is 0.104. The minimum absolute atomic E-state index is 0.0769. The average Bonchev–Trinajstić information content (AvgIpc) is 2.45. The Hall–Kier alpha value is -2.15. The molecule has 0 amide bonds. The van der Waals surface area contributed by atoms with Crippen LogP contribution in [0.5, 0.6) is 0 Å². The van der Waals surface area contributed by atoms with Gasteiger partial charge in [-0.25, -0.2) is 0 Å². The summed E-state index contributed by atoms with van der Waals surface area (Å²) in [4.78, 5) is 11.9. The molecule has 0 aliphatic heterocycles. The highest BCUT2D eigenvalue weighted by Gasteiger charge is 1.99. The van der Waals surface area contributed by atoms with Gasteiger partial charge < -0.3 is 0 Å². The molecule has 19 heavy (non-hydrogen) atoms. The molecule has 2 aromatic rings. The number of hydrogen-bond acceptors (Lipinski definition) is 1. The quantitative estimate of drug-likeness (QED) is 0.569. The van der Waals surface area contributed by atoms with E-state index in [-0.39, 0.29) is 5.78 Å². The second kappa shape index (κ2) is 6.69. The van der Waals surface area contributed by atoms with Crippen LogP contribution in [0.2, 0.25) is 0 Å². The molecular formula is C18H18O. The third-order valence-corrected chi connectivity index (χ3v) is 3.05. The van der Waals surface area contributed by atoms with Crippen LogP contribution in [-0.2, 0) is 6.42 Å². The Morgan fingerprint density at radius 3 is 2.37 bits per heavy atom. The van der Waals surface area contributed by atoms with Crippen molar-refractivity contribution >= 4 is 5.78 Å². The molecule has 0 atom stereocenters. The second-order valence-corrected chi connectivity index (χ2v) is 4.66. The lowest BCUT2D eigenvalue weighted by Gasteiger charge is -1.98. The normalized spacial score (nSPS) is 10.8. The summed E-state index contributed by atoms with van der Waals surface area (Å²) in [7, 11) is 0. The summed E-state index contributed by atoms with van der Waals surface area (Å²) in [5.41, 5.74) is 3.22. The Balaban J connectivity index is 1.85. The van der Waals surface area contributed by atoms with E-state index < -0.39 is 0 Å². The molecule has 0 bridgehead atoms. The molecule has 1 nitrogen and oxygen atoms in total. The Morgan fingerprint density at radius 1 is 1.00 bits per heavy atom. The number of hydrogen-bond donors (Lipinski definition) is 0. The fraction of sp³-hybridized carbons (Fsp3) is 0.167. The van der Waals surface area contributed by atoms with Gasteiger partial charge in [-0.3, -0.25) is 4.79 Å².